The van der Waals surface area contributed by atoms with Crippen LogP contribution < -0.4 is 0 Å². The normalized spacial score (nSPS) is 24.9. The van der Waals surface area contributed by atoms with Crippen LogP contribution in [0, 0.1) is 0 Å². The molecule has 0 amide bonds. The molecule has 16 heavy (non-hydrogen) atoms. The number of aliphatic hydroxyl groups is 1. The monoisotopic (exact) mass is 258 g/mol. The van der Waals surface area contributed by atoms with Crippen molar-refractivity contribution in [1.82, 2.24) is 0 Å². The van der Waals surface area contributed by atoms with E-state index in [9.17, 15) is 5.11 Å². The van der Waals surface area contributed by atoms with Gasteiger partial charge in [0.2, 0.25) is 0 Å². The van der Waals surface area contributed by atoms with Crippen molar-refractivity contribution in [3.8, 4) is 0 Å². The number of halogens is 1. The number of thioether (sulfide) groups is 1. The van der Waals surface area contributed by atoms with Gasteiger partial charge in [-0.2, -0.15) is 0 Å². The molecule has 2 rings (SSSR count). The summed E-state index contributed by atoms with van der Waals surface area (Å²) in [6.07, 6.45) is 1.33. The Kier molecular flexibility index (Phi) is 4.14. The average Bonchev–Trinajstić information content (AvgIpc) is 2.65. The average molecular weight is 259 g/mol. The van der Waals surface area contributed by atoms with E-state index in [1.807, 2.05) is 18.2 Å². The summed E-state index contributed by atoms with van der Waals surface area (Å²) in [5.41, 5.74) is 0.827. The molecule has 1 saturated heterocycles. The first-order chi connectivity index (χ1) is 7.72. The summed E-state index contributed by atoms with van der Waals surface area (Å²) in [5, 5.41) is 10.4. The van der Waals surface area contributed by atoms with Crippen LogP contribution in [0.1, 0.15) is 18.9 Å². The van der Waals surface area contributed by atoms with E-state index in [-0.39, 0.29) is 12.7 Å². The van der Waals surface area contributed by atoms with E-state index >= 15 is 0 Å². The smallest absolute Gasteiger partial charge is 0.0707 e. The number of rotatable bonds is 3. The zero-order valence-corrected chi connectivity index (χ0v) is 10.7. The Labute approximate surface area is 105 Å². The van der Waals surface area contributed by atoms with Crippen molar-refractivity contribution in [2.24, 2.45) is 0 Å². The maximum atomic E-state index is 9.31. The van der Waals surface area contributed by atoms with Crippen molar-refractivity contribution < 1.29 is 9.84 Å². The lowest BCUT2D eigenvalue weighted by molar-refractivity contribution is 0.127. The van der Waals surface area contributed by atoms with Gasteiger partial charge in [-0.05, 0) is 25.5 Å². The third-order valence-corrected chi connectivity index (χ3v) is 4.73. The van der Waals surface area contributed by atoms with E-state index in [2.05, 4.69) is 6.92 Å². The van der Waals surface area contributed by atoms with Gasteiger partial charge in [-0.1, -0.05) is 17.7 Å². The van der Waals surface area contributed by atoms with Crippen LogP contribution >= 0.6 is 23.4 Å². The van der Waals surface area contributed by atoms with E-state index in [1.54, 1.807) is 11.8 Å². The lowest BCUT2D eigenvalue weighted by atomic mass is 10.2. The predicted molar refractivity (Wildman–Crippen MR) is 67.1 cm³/mol. The molecule has 1 aromatic rings. The molecule has 0 saturated carbocycles. The van der Waals surface area contributed by atoms with E-state index in [1.165, 1.54) is 0 Å². The van der Waals surface area contributed by atoms with Crippen LogP contribution in [-0.4, -0.2) is 23.1 Å². The van der Waals surface area contributed by atoms with Crippen molar-refractivity contribution in [2.75, 3.05) is 6.61 Å². The molecule has 2 unspecified atom stereocenters. The summed E-state index contributed by atoms with van der Waals surface area (Å²) in [7, 11) is 0. The van der Waals surface area contributed by atoms with Crippen LogP contribution in [0.5, 0.6) is 0 Å². The van der Waals surface area contributed by atoms with Crippen LogP contribution in [0.25, 0.3) is 0 Å². The molecular weight excluding hydrogens is 244 g/mol. The fraction of sp³-hybridized carbons (Fsp3) is 0.500. The molecule has 1 N–H and O–H groups in total. The van der Waals surface area contributed by atoms with Gasteiger partial charge < -0.3 is 9.84 Å². The molecule has 1 aromatic carbocycles. The highest BCUT2D eigenvalue weighted by Gasteiger charge is 2.26. The van der Waals surface area contributed by atoms with Gasteiger partial charge in [0.05, 0.1) is 12.7 Å². The first kappa shape index (κ1) is 12.2. The molecular formula is C12H15ClO2S. The van der Waals surface area contributed by atoms with Gasteiger partial charge in [0.1, 0.15) is 0 Å². The van der Waals surface area contributed by atoms with E-state index in [4.69, 9.17) is 16.3 Å². The first-order valence-electron chi connectivity index (χ1n) is 5.39. The second-order valence-electron chi connectivity index (χ2n) is 3.90. The first-order valence-corrected chi connectivity index (χ1v) is 6.64. The van der Waals surface area contributed by atoms with Gasteiger partial charge in [-0.3, -0.25) is 0 Å². The van der Waals surface area contributed by atoms with Crippen LogP contribution in [-0.2, 0) is 11.3 Å². The maximum Gasteiger partial charge on any atom is 0.0707 e. The highest BCUT2D eigenvalue weighted by Crippen LogP contribution is 2.36. The lowest BCUT2D eigenvalue weighted by Crippen LogP contribution is -2.13. The maximum absolute atomic E-state index is 9.31. The van der Waals surface area contributed by atoms with E-state index in [0.29, 0.717) is 10.3 Å². The molecule has 1 aliphatic rings. The Bertz CT molecular complexity index is 370. The number of ether oxygens (including phenoxy) is 1. The summed E-state index contributed by atoms with van der Waals surface area (Å²) in [4.78, 5) is 1.07. The quantitative estimate of drug-likeness (QED) is 0.904. The SMILES string of the molecule is CC1OCCC1Sc1cccc(Cl)c1CO. The largest absolute Gasteiger partial charge is 0.392 e. The Morgan fingerprint density at radius 2 is 2.38 bits per heavy atom. The van der Waals surface area contributed by atoms with Crippen LogP contribution in [0.15, 0.2) is 23.1 Å². The Hall–Kier alpha value is -0.220. The Morgan fingerprint density at radius 1 is 1.56 bits per heavy atom. The summed E-state index contributed by atoms with van der Waals surface area (Å²) >= 11 is 7.80. The molecule has 0 spiro atoms. The van der Waals surface area contributed by atoms with Gasteiger partial charge in [-0.25, -0.2) is 0 Å². The van der Waals surface area contributed by atoms with Crippen LogP contribution in [0.4, 0.5) is 0 Å². The standard InChI is InChI=1S/C12H15ClO2S/c1-8-11(5-6-15-8)16-12-4-2-3-10(13)9(12)7-14/h2-4,8,11,14H,5-7H2,1H3. The molecule has 0 bridgehead atoms. The zero-order valence-electron chi connectivity index (χ0n) is 9.15. The van der Waals surface area contributed by atoms with E-state index < -0.39 is 0 Å². The number of hydrogen-bond acceptors (Lipinski definition) is 3. The summed E-state index contributed by atoms with van der Waals surface area (Å²) in [6, 6.07) is 5.74. The van der Waals surface area contributed by atoms with Gasteiger partial charge in [-0.15, -0.1) is 11.8 Å². The van der Waals surface area contributed by atoms with Gasteiger partial charge in [0.15, 0.2) is 0 Å². The summed E-state index contributed by atoms with van der Waals surface area (Å²) in [6.45, 7) is 2.91. The molecule has 1 heterocycles. The third-order valence-electron chi connectivity index (χ3n) is 2.82. The van der Waals surface area contributed by atoms with Crippen molar-refractivity contribution >= 4 is 23.4 Å². The number of benzene rings is 1. The molecule has 0 aromatic heterocycles. The fourth-order valence-electron chi connectivity index (χ4n) is 1.83. The molecule has 1 fully saturated rings. The summed E-state index contributed by atoms with van der Waals surface area (Å²) < 4.78 is 5.53. The van der Waals surface area contributed by atoms with Crippen LogP contribution in [0.2, 0.25) is 5.02 Å². The topological polar surface area (TPSA) is 29.5 Å². The van der Waals surface area contributed by atoms with Crippen molar-refractivity contribution in [1.29, 1.82) is 0 Å². The molecule has 0 aliphatic carbocycles. The van der Waals surface area contributed by atoms with Crippen molar-refractivity contribution in [2.45, 2.75) is 36.2 Å². The minimum atomic E-state index is -0.00996. The van der Waals surface area contributed by atoms with Crippen molar-refractivity contribution in [3.63, 3.8) is 0 Å². The second-order valence-corrected chi connectivity index (χ2v) is 5.58. The highest BCUT2D eigenvalue weighted by atomic mass is 35.5. The molecule has 88 valence electrons. The highest BCUT2D eigenvalue weighted by molar-refractivity contribution is 8.00. The van der Waals surface area contributed by atoms with E-state index in [0.717, 1.165) is 23.5 Å². The third kappa shape index (κ3) is 2.54. The minimum Gasteiger partial charge on any atom is -0.392 e. The zero-order chi connectivity index (χ0) is 11.5. The Balaban J connectivity index is 2.17. The Morgan fingerprint density at radius 3 is 3.00 bits per heavy atom. The van der Waals surface area contributed by atoms with Crippen molar-refractivity contribution in [3.05, 3.63) is 28.8 Å². The van der Waals surface area contributed by atoms with Gasteiger partial charge in [0.25, 0.3) is 0 Å². The molecule has 2 nitrogen and oxygen atoms in total. The predicted octanol–water partition coefficient (Wildman–Crippen LogP) is 3.10. The molecule has 1 aliphatic heterocycles. The lowest BCUT2D eigenvalue weighted by Gasteiger charge is -2.16. The minimum absolute atomic E-state index is 0.00996. The summed E-state index contributed by atoms with van der Waals surface area (Å²) in [5.74, 6) is 0. The molecule has 0 radical (unpaired) electrons. The molecule has 2 atom stereocenters. The fourth-order valence-corrected chi connectivity index (χ4v) is 3.41. The van der Waals surface area contributed by atoms with Gasteiger partial charge in [0, 0.05) is 27.3 Å². The van der Waals surface area contributed by atoms with Gasteiger partial charge >= 0.3 is 0 Å². The number of aliphatic hydroxyl groups excluding tert-OH is 1. The second kappa shape index (κ2) is 5.41. The molecule has 4 heteroatoms. The number of hydrogen-bond donors (Lipinski definition) is 1. The van der Waals surface area contributed by atoms with Crippen LogP contribution in [0.3, 0.4) is 0 Å².